The van der Waals surface area contributed by atoms with Crippen LogP contribution in [0.2, 0.25) is 0 Å². The lowest BCUT2D eigenvalue weighted by atomic mass is 9.93. The normalized spacial score (nSPS) is 14.7. The van der Waals surface area contributed by atoms with E-state index in [1.807, 2.05) is 58.0 Å². The fourth-order valence-corrected chi connectivity index (χ4v) is 3.14. The van der Waals surface area contributed by atoms with Crippen molar-refractivity contribution in [3.05, 3.63) is 35.9 Å². The minimum atomic E-state index is -1.76. The van der Waals surface area contributed by atoms with Gasteiger partial charge < -0.3 is 14.8 Å². The van der Waals surface area contributed by atoms with Crippen LogP contribution in [0.1, 0.15) is 46.6 Å². The Morgan fingerprint density at radius 3 is 2.09 bits per heavy atom. The van der Waals surface area contributed by atoms with Gasteiger partial charge in [-0.25, -0.2) is 4.79 Å². The van der Waals surface area contributed by atoms with Gasteiger partial charge in [0.2, 0.25) is 9.70 Å². The van der Waals surface area contributed by atoms with Gasteiger partial charge in [-0.15, -0.1) is 0 Å². The molecule has 0 aliphatic carbocycles. The van der Waals surface area contributed by atoms with Gasteiger partial charge >= 0.3 is 5.97 Å². The molecule has 3 atom stereocenters. The number of ketones is 1. The fraction of sp³-hybridized carbons (Fsp3) is 0.609. The first-order valence-electron chi connectivity index (χ1n) is 10.5. The number of nitrogens with one attached hydrogen (secondary N) is 1. The van der Waals surface area contributed by atoms with E-state index in [1.54, 1.807) is 0 Å². The summed E-state index contributed by atoms with van der Waals surface area (Å²) in [5, 5.41) is 2.61. The fourth-order valence-electron chi connectivity index (χ4n) is 2.97. The molecule has 180 valence electrons. The maximum Gasteiger partial charge on any atom is 0.328 e. The number of carbonyl (C=O) groups excluding carboxylic acids is 3. The van der Waals surface area contributed by atoms with Crippen molar-refractivity contribution in [1.29, 1.82) is 0 Å². The second-order valence-corrected chi connectivity index (χ2v) is 11.0. The van der Waals surface area contributed by atoms with Gasteiger partial charge in [0.25, 0.3) is 0 Å². The molecule has 9 heteroatoms. The van der Waals surface area contributed by atoms with Crippen molar-refractivity contribution in [3.8, 4) is 0 Å². The van der Waals surface area contributed by atoms with Crippen molar-refractivity contribution in [2.75, 3.05) is 6.61 Å². The van der Waals surface area contributed by atoms with E-state index in [1.165, 1.54) is 6.92 Å². The number of benzene rings is 1. The lowest BCUT2D eigenvalue weighted by molar-refractivity contribution is -0.150. The number of hydrogen-bond acceptors (Lipinski definition) is 5. The number of Topliss-reactive ketones (excluding diaryl/α,β-unsaturated/α-hetero) is 1. The third-order valence-corrected chi connectivity index (χ3v) is 4.99. The Morgan fingerprint density at radius 2 is 1.59 bits per heavy atom. The van der Waals surface area contributed by atoms with E-state index in [0.29, 0.717) is 6.42 Å². The topological polar surface area (TPSA) is 81.7 Å². The van der Waals surface area contributed by atoms with Crippen molar-refractivity contribution >= 4 is 52.5 Å². The zero-order valence-corrected chi connectivity index (χ0v) is 21.3. The van der Waals surface area contributed by atoms with Crippen LogP contribution in [0.3, 0.4) is 0 Å². The zero-order valence-electron chi connectivity index (χ0n) is 19.1. The SMILES string of the molecule is CC(C)C[C@H](NC(=O)C(C)C(=O)[C@@H](OCc1ccccc1)C(C)C)C(=O)OCC(Cl)(Cl)Cl. The molecule has 0 aromatic heterocycles. The molecule has 0 aliphatic heterocycles. The second kappa shape index (κ2) is 13.4. The van der Waals surface area contributed by atoms with Crippen LogP contribution in [0.15, 0.2) is 30.3 Å². The van der Waals surface area contributed by atoms with E-state index in [4.69, 9.17) is 44.3 Å². The molecule has 6 nitrogen and oxygen atoms in total. The van der Waals surface area contributed by atoms with Crippen LogP contribution >= 0.6 is 34.8 Å². The largest absolute Gasteiger partial charge is 0.460 e. The predicted molar refractivity (Wildman–Crippen MR) is 127 cm³/mol. The van der Waals surface area contributed by atoms with E-state index in [-0.39, 0.29) is 24.2 Å². The first-order valence-corrected chi connectivity index (χ1v) is 11.7. The Balaban J connectivity index is 2.82. The van der Waals surface area contributed by atoms with E-state index in [0.717, 1.165) is 5.56 Å². The number of rotatable bonds is 12. The monoisotopic (exact) mass is 507 g/mol. The molecule has 1 aromatic rings. The van der Waals surface area contributed by atoms with Gasteiger partial charge in [-0.3, -0.25) is 9.59 Å². The predicted octanol–water partition coefficient (Wildman–Crippen LogP) is 4.88. The van der Waals surface area contributed by atoms with E-state index < -0.39 is 40.3 Å². The third kappa shape index (κ3) is 10.5. The van der Waals surface area contributed by atoms with Gasteiger partial charge in [0, 0.05) is 0 Å². The molecule has 0 bridgehead atoms. The molecule has 32 heavy (non-hydrogen) atoms. The molecule has 0 fully saturated rings. The molecule has 1 rings (SSSR count). The number of carbonyl (C=O) groups is 3. The number of alkyl halides is 3. The van der Waals surface area contributed by atoms with E-state index in [9.17, 15) is 14.4 Å². The molecule has 0 aliphatic rings. The first-order chi connectivity index (χ1) is 14.8. The number of hydrogen-bond donors (Lipinski definition) is 1. The second-order valence-electron chi connectivity index (χ2n) is 8.50. The average molecular weight is 509 g/mol. The highest BCUT2D eigenvalue weighted by Crippen LogP contribution is 2.26. The Bertz CT molecular complexity index is 750. The summed E-state index contributed by atoms with van der Waals surface area (Å²) in [4.78, 5) is 38.3. The van der Waals surface area contributed by atoms with Crippen molar-refractivity contribution in [1.82, 2.24) is 5.32 Å². The molecule has 1 N–H and O–H groups in total. The minimum absolute atomic E-state index is 0.0734. The smallest absolute Gasteiger partial charge is 0.328 e. The van der Waals surface area contributed by atoms with Crippen LogP contribution in [-0.4, -0.2) is 40.2 Å². The molecule has 1 unspecified atom stereocenters. The average Bonchev–Trinajstić information content (AvgIpc) is 2.70. The summed E-state index contributed by atoms with van der Waals surface area (Å²) in [5.74, 6) is -2.74. The number of amides is 1. The van der Waals surface area contributed by atoms with Crippen LogP contribution in [0.25, 0.3) is 0 Å². The summed E-state index contributed by atoms with van der Waals surface area (Å²) < 4.78 is 9.12. The van der Waals surface area contributed by atoms with Crippen molar-refractivity contribution < 1.29 is 23.9 Å². The highest BCUT2D eigenvalue weighted by molar-refractivity contribution is 6.67. The quantitative estimate of drug-likeness (QED) is 0.247. The minimum Gasteiger partial charge on any atom is -0.460 e. The Labute approximate surface area is 205 Å². The summed E-state index contributed by atoms with van der Waals surface area (Å²) in [5.41, 5.74) is 0.928. The summed E-state index contributed by atoms with van der Waals surface area (Å²) in [6, 6.07) is 8.50. The summed E-state index contributed by atoms with van der Waals surface area (Å²) in [6.45, 7) is 8.80. The molecular formula is C23H32Cl3NO5. The third-order valence-electron chi connectivity index (χ3n) is 4.66. The highest BCUT2D eigenvalue weighted by atomic mass is 35.6. The van der Waals surface area contributed by atoms with Gasteiger partial charge in [0.05, 0.1) is 12.5 Å². The van der Waals surface area contributed by atoms with Crippen LogP contribution in [-0.2, 0) is 30.5 Å². The standard InChI is InChI=1S/C23H32Cl3NO5/c1-14(2)11-18(22(30)32-13-23(24,25)26)27-21(29)16(5)19(28)20(15(3)4)31-12-17-9-7-6-8-10-17/h6-10,14-16,18,20H,11-13H2,1-5H3,(H,27,29)/t16?,18-,20-/m0/s1. The van der Waals surface area contributed by atoms with Gasteiger partial charge in [0.1, 0.15) is 18.8 Å². The van der Waals surface area contributed by atoms with Crippen LogP contribution < -0.4 is 5.32 Å². The summed E-state index contributed by atoms with van der Waals surface area (Å²) >= 11 is 16.9. The van der Waals surface area contributed by atoms with Crippen LogP contribution in [0.5, 0.6) is 0 Å². The highest BCUT2D eigenvalue weighted by Gasteiger charge is 2.34. The van der Waals surface area contributed by atoms with E-state index >= 15 is 0 Å². The lowest BCUT2D eigenvalue weighted by Gasteiger charge is -2.25. The van der Waals surface area contributed by atoms with Gasteiger partial charge in [-0.05, 0) is 30.7 Å². The molecule has 0 spiro atoms. The Hall–Kier alpha value is -1.34. The summed E-state index contributed by atoms with van der Waals surface area (Å²) in [7, 11) is 0. The van der Waals surface area contributed by atoms with Crippen molar-refractivity contribution in [2.24, 2.45) is 17.8 Å². The van der Waals surface area contributed by atoms with Gasteiger partial charge in [-0.1, -0.05) is 92.8 Å². The number of halogens is 3. The maximum absolute atomic E-state index is 13.0. The number of esters is 1. The van der Waals surface area contributed by atoms with E-state index in [2.05, 4.69) is 5.32 Å². The first kappa shape index (κ1) is 28.7. The maximum atomic E-state index is 13.0. The molecule has 1 aromatic carbocycles. The Kier molecular flexibility index (Phi) is 12.0. The number of ether oxygens (including phenoxy) is 2. The van der Waals surface area contributed by atoms with Crippen molar-refractivity contribution in [3.63, 3.8) is 0 Å². The van der Waals surface area contributed by atoms with Gasteiger partial charge in [0.15, 0.2) is 5.78 Å². The molecule has 1 amide bonds. The Morgan fingerprint density at radius 1 is 1.00 bits per heavy atom. The molecular weight excluding hydrogens is 477 g/mol. The van der Waals surface area contributed by atoms with Crippen LogP contribution in [0, 0.1) is 17.8 Å². The molecule has 0 radical (unpaired) electrons. The van der Waals surface area contributed by atoms with Crippen molar-refractivity contribution in [2.45, 2.75) is 63.6 Å². The molecule has 0 saturated carbocycles. The zero-order chi connectivity index (χ0) is 24.5. The van der Waals surface area contributed by atoms with Gasteiger partial charge in [-0.2, -0.15) is 0 Å². The molecule has 0 heterocycles. The summed E-state index contributed by atoms with van der Waals surface area (Å²) in [6.07, 6.45) is -0.459. The van der Waals surface area contributed by atoms with Crippen LogP contribution in [0.4, 0.5) is 0 Å². The lowest BCUT2D eigenvalue weighted by Crippen LogP contribution is -2.48. The molecule has 0 saturated heterocycles.